The number of hydrogen-bond acceptors (Lipinski definition) is 4. The maximum atomic E-state index is 12.8. The summed E-state index contributed by atoms with van der Waals surface area (Å²) in [4.78, 5) is 12.8. The van der Waals surface area contributed by atoms with E-state index < -0.39 is 11.4 Å². The maximum Gasteiger partial charge on any atom is 0.309 e. The Bertz CT molecular complexity index is 899. The van der Waals surface area contributed by atoms with Crippen molar-refractivity contribution in [1.29, 1.82) is 0 Å². The van der Waals surface area contributed by atoms with Crippen molar-refractivity contribution in [1.82, 2.24) is 0 Å². The van der Waals surface area contributed by atoms with Crippen molar-refractivity contribution in [3.8, 4) is 0 Å². The molecule has 5 aliphatic rings. The Hall–Kier alpha value is -1.10. The maximum absolute atomic E-state index is 12.8. The van der Waals surface area contributed by atoms with Crippen molar-refractivity contribution >= 4 is 11.7 Å². The Morgan fingerprint density at radius 2 is 1.53 bits per heavy atom. The lowest BCUT2D eigenvalue weighted by molar-refractivity contribution is -0.247. The smallest absolute Gasteiger partial charge is 0.309 e. The molecule has 0 aromatic rings. The van der Waals surface area contributed by atoms with E-state index in [1.807, 2.05) is 6.92 Å². The molecule has 5 fully saturated rings. The average Bonchev–Trinajstić information content (AvgIpc) is 3.18. The number of aliphatic hydroxyl groups excluding tert-OH is 1. The van der Waals surface area contributed by atoms with Crippen LogP contribution in [0.4, 0.5) is 0 Å². The number of aliphatic carboxylic acids is 1. The zero-order valence-electron chi connectivity index (χ0n) is 22.2. The molecule has 10 atom stereocenters. The van der Waals surface area contributed by atoms with Crippen molar-refractivity contribution in [3.63, 3.8) is 0 Å². The summed E-state index contributed by atoms with van der Waals surface area (Å²) in [5.41, 5.74) is 0.490. The van der Waals surface area contributed by atoms with Gasteiger partial charge in [0.2, 0.25) is 0 Å². The molecule has 0 aromatic heterocycles. The summed E-state index contributed by atoms with van der Waals surface area (Å²) in [6.45, 7) is 14.1. The lowest BCUT2D eigenvalue weighted by atomic mass is 9.32. The molecule has 0 aromatic carbocycles. The minimum atomic E-state index is -0.665. The van der Waals surface area contributed by atoms with Crippen molar-refractivity contribution in [2.75, 3.05) is 0 Å². The van der Waals surface area contributed by atoms with Gasteiger partial charge in [-0.2, -0.15) is 0 Å². The van der Waals surface area contributed by atoms with Gasteiger partial charge in [-0.1, -0.05) is 39.8 Å². The third-order valence-corrected chi connectivity index (χ3v) is 13.5. The molecule has 0 spiro atoms. The Kier molecular flexibility index (Phi) is 5.39. The summed E-state index contributed by atoms with van der Waals surface area (Å²) >= 11 is 0. The highest BCUT2D eigenvalue weighted by molar-refractivity contribution is 5.87. The number of nitrogens with zero attached hydrogens (tertiary/aromatic N) is 1. The van der Waals surface area contributed by atoms with E-state index in [4.69, 9.17) is 0 Å². The first-order chi connectivity index (χ1) is 15.8. The molecule has 0 unspecified atom stereocenters. The van der Waals surface area contributed by atoms with Gasteiger partial charge in [0, 0.05) is 5.92 Å². The predicted molar refractivity (Wildman–Crippen MR) is 133 cm³/mol. The number of rotatable bonds is 2. The monoisotopic (exact) mass is 473 g/mol. The molecule has 0 bridgehead atoms. The van der Waals surface area contributed by atoms with E-state index in [9.17, 15) is 20.2 Å². The SMILES string of the molecule is C/C(=N/O)[C@@H]1CC[C@]2(C(=O)O)CC[C@]3(C)[C@H](CC[C@@H]4[C@@]5(C)CC[C@H](O)C(C)(C)[C@@H]5CC[C@]43C)[C@@H]12. The van der Waals surface area contributed by atoms with Crippen LogP contribution >= 0.6 is 0 Å². The van der Waals surface area contributed by atoms with Crippen LogP contribution in [0.1, 0.15) is 106 Å². The first-order valence-electron chi connectivity index (χ1n) is 13.9. The van der Waals surface area contributed by atoms with Crippen LogP contribution in [0.25, 0.3) is 0 Å². The van der Waals surface area contributed by atoms with Crippen molar-refractivity contribution in [3.05, 3.63) is 0 Å². The van der Waals surface area contributed by atoms with Crippen LogP contribution in [0.3, 0.4) is 0 Å². The first-order valence-corrected chi connectivity index (χ1v) is 13.9. The minimum absolute atomic E-state index is 0.0532. The van der Waals surface area contributed by atoms with Crippen LogP contribution in [0.2, 0.25) is 0 Å². The van der Waals surface area contributed by atoms with Crippen LogP contribution in [-0.2, 0) is 4.79 Å². The second kappa shape index (κ2) is 7.46. The highest BCUT2D eigenvalue weighted by Crippen LogP contribution is 2.77. The second-order valence-corrected chi connectivity index (χ2v) is 14.4. The number of aliphatic hydroxyl groups is 1. The topological polar surface area (TPSA) is 90.1 Å². The zero-order valence-corrected chi connectivity index (χ0v) is 22.2. The number of oxime groups is 1. The highest BCUT2D eigenvalue weighted by atomic mass is 16.4. The summed E-state index contributed by atoms with van der Waals surface area (Å²) in [6.07, 6.45) is 9.63. The Morgan fingerprint density at radius 1 is 0.824 bits per heavy atom. The molecular formula is C29H47NO4. The Morgan fingerprint density at radius 3 is 2.18 bits per heavy atom. The van der Waals surface area contributed by atoms with E-state index in [2.05, 4.69) is 39.8 Å². The molecule has 5 saturated carbocycles. The lowest BCUT2D eigenvalue weighted by Gasteiger charge is -2.72. The fourth-order valence-corrected chi connectivity index (χ4v) is 11.5. The predicted octanol–water partition coefficient (Wildman–Crippen LogP) is 6.36. The highest BCUT2D eigenvalue weighted by Gasteiger charge is 2.72. The number of carbonyl (C=O) groups is 1. The fourth-order valence-electron chi connectivity index (χ4n) is 11.5. The molecule has 0 amide bonds. The van der Waals surface area contributed by atoms with E-state index in [-0.39, 0.29) is 39.6 Å². The van der Waals surface area contributed by atoms with E-state index >= 15 is 0 Å². The van der Waals surface area contributed by atoms with Gasteiger partial charge >= 0.3 is 5.97 Å². The standard InChI is InChI=1S/C29H47NO4/c1-17(30-34)18-9-14-29(24(32)33)16-15-27(5)19(23(18)29)7-8-21-26(4)12-11-22(31)25(2,3)20(26)10-13-28(21,27)6/h18-23,31,34H,7-16H2,1-6H3,(H,32,33)/b30-17-/t18-,19+,20-,21+,22-,23+,26-,27+,28+,29-/m0/s1. The van der Waals surface area contributed by atoms with Gasteiger partial charge in [0.1, 0.15) is 0 Å². The molecule has 3 N–H and O–H groups in total. The van der Waals surface area contributed by atoms with Gasteiger partial charge in [0.25, 0.3) is 0 Å². The molecular weight excluding hydrogens is 426 g/mol. The molecule has 0 radical (unpaired) electrons. The van der Waals surface area contributed by atoms with Crippen molar-refractivity contribution in [2.24, 2.45) is 61.8 Å². The molecule has 5 aliphatic carbocycles. The van der Waals surface area contributed by atoms with Crippen LogP contribution < -0.4 is 0 Å². The van der Waals surface area contributed by atoms with Crippen molar-refractivity contribution in [2.45, 2.75) is 112 Å². The zero-order chi connectivity index (χ0) is 24.9. The summed E-state index contributed by atoms with van der Waals surface area (Å²) in [5.74, 6) is 1.00. The van der Waals surface area contributed by atoms with Gasteiger partial charge in [-0.05, 0) is 116 Å². The van der Waals surface area contributed by atoms with Gasteiger partial charge in [0.15, 0.2) is 0 Å². The molecule has 0 aliphatic heterocycles. The molecule has 5 nitrogen and oxygen atoms in total. The van der Waals surface area contributed by atoms with Gasteiger partial charge in [0.05, 0.1) is 17.2 Å². The molecule has 5 rings (SSSR count). The molecule has 5 heteroatoms. The van der Waals surface area contributed by atoms with Gasteiger partial charge in [-0.25, -0.2) is 0 Å². The molecule has 0 heterocycles. The number of fused-ring (bicyclic) bond motifs is 7. The van der Waals surface area contributed by atoms with E-state index in [0.29, 0.717) is 24.2 Å². The van der Waals surface area contributed by atoms with E-state index in [0.717, 1.165) is 57.1 Å². The van der Waals surface area contributed by atoms with Gasteiger partial charge in [-0.3, -0.25) is 4.79 Å². The summed E-state index contributed by atoms with van der Waals surface area (Å²) in [6, 6.07) is 0. The second-order valence-electron chi connectivity index (χ2n) is 14.4. The normalized spacial score (nSPS) is 54.4. The average molecular weight is 474 g/mol. The Balaban J connectivity index is 1.57. The first kappa shape index (κ1) is 24.6. The molecule has 0 saturated heterocycles. The van der Waals surface area contributed by atoms with Gasteiger partial charge in [-0.15, -0.1) is 0 Å². The summed E-state index contributed by atoms with van der Waals surface area (Å²) in [5, 5.41) is 34.6. The van der Waals surface area contributed by atoms with Crippen LogP contribution in [0.5, 0.6) is 0 Å². The fraction of sp³-hybridized carbons (Fsp3) is 0.931. The van der Waals surface area contributed by atoms with Crippen LogP contribution in [0, 0.1) is 56.7 Å². The lowest BCUT2D eigenvalue weighted by Crippen LogP contribution is -2.67. The summed E-state index contributed by atoms with van der Waals surface area (Å²) in [7, 11) is 0. The number of carboxylic acids is 1. The number of hydrogen-bond donors (Lipinski definition) is 3. The quantitative estimate of drug-likeness (QED) is 0.247. The third-order valence-electron chi connectivity index (χ3n) is 13.5. The van der Waals surface area contributed by atoms with Crippen LogP contribution in [0.15, 0.2) is 5.16 Å². The molecule has 34 heavy (non-hydrogen) atoms. The minimum Gasteiger partial charge on any atom is -0.481 e. The largest absolute Gasteiger partial charge is 0.481 e. The molecule has 192 valence electrons. The van der Waals surface area contributed by atoms with Crippen molar-refractivity contribution < 1.29 is 20.2 Å². The van der Waals surface area contributed by atoms with E-state index in [1.54, 1.807) is 0 Å². The summed E-state index contributed by atoms with van der Waals surface area (Å²) < 4.78 is 0. The van der Waals surface area contributed by atoms with Gasteiger partial charge < -0.3 is 15.4 Å². The third kappa shape index (κ3) is 2.77. The Labute approximate surface area is 205 Å². The number of carboxylic acid groups (broad SMARTS) is 1. The van der Waals surface area contributed by atoms with Crippen LogP contribution in [-0.4, -0.2) is 33.2 Å². The van der Waals surface area contributed by atoms with E-state index in [1.165, 1.54) is 6.42 Å².